The minimum atomic E-state index is -1.11. The maximum Gasteiger partial charge on any atom is 0.249 e. The molecule has 0 saturated heterocycles. The summed E-state index contributed by atoms with van der Waals surface area (Å²) in [4.78, 5) is 12.5. The van der Waals surface area contributed by atoms with Crippen molar-refractivity contribution >= 4 is 5.91 Å². The van der Waals surface area contributed by atoms with Crippen molar-refractivity contribution in [3.63, 3.8) is 0 Å². The van der Waals surface area contributed by atoms with Gasteiger partial charge in [0.05, 0.1) is 18.8 Å². The Morgan fingerprint density at radius 1 is 0.421 bits per heavy atom. The van der Waals surface area contributed by atoms with Crippen molar-refractivity contribution in [2.45, 2.75) is 283 Å². The summed E-state index contributed by atoms with van der Waals surface area (Å²) < 4.78 is 0. The fourth-order valence-electron chi connectivity index (χ4n) is 7.73. The molecule has 0 bridgehead atoms. The number of hydrogen-bond acceptors (Lipinski definition) is 4. The van der Waals surface area contributed by atoms with Gasteiger partial charge >= 0.3 is 0 Å². The SMILES string of the molecule is CCCCCCCCCCCCCC/C=C\CCCCCCCCCC(O)C(=O)NC(CO)C(O)/C=C/CC/C=C/CCCCCCCCCCCCCCCC. The van der Waals surface area contributed by atoms with Gasteiger partial charge in [-0.05, 0) is 57.8 Å². The van der Waals surface area contributed by atoms with E-state index in [1.165, 1.54) is 205 Å². The van der Waals surface area contributed by atoms with E-state index in [4.69, 9.17) is 0 Å². The Morgan fingerprint density at radius 3 is 1.07 bits per heavy atom. The van der Waals surface area contributed by atoms with Crippen LogP contribution in [0.4, 0.5) is 0 Å². The van der Waals surface area contributed by atoms with Crippen LogP contribution in [-0.2, 0) is 4.79 Å². The lowest BCUT2D eigenvalue weighted by atomic mass is 10.0. The molecule has 0 aromatic carbocycles. The quantitative estimate of drug-likeness (QED) is 0.0365. The van der Waals surface area contributed by atoms with Crippen LogP contribution in [-0.4, -0.2) is 46.1 Å². The molecule has 0 aromatic heterocycles. The van der Waals surface area contributed by atoms with Crippen LogP contribution in [0.15, 0.2) is 36.5 Å². The van der Waals surface area contributed by atoms with Crippen molar-refractivity contribution in [1.29, 1.82) is 0 Å². The van der Waals surface area contributed by atoms with Crippen molar-refractivity contribution in [1.82, 2.24) is 5.32 Å². The smallest absolute Gasteiger partial charge is 0.249 e. The molecule has 0 aliphatic carbocycles. The molecular weight excluding hydrogens is 703 g/mol. The zero-order valence-corrected chi connectivity index (χ0v) is 38.2. The number of allylic oxidation sites excluding steroid dienone is 5. The molecule has 0 radical (unpaired) electrons. The molecule has 0 fully saturated rings. The van der Waals surface area contributed by atoms with Crippen LogP contribution < -0.4 is 5.32 Å². The largest absolute Gasteiger partial charge is 0.394 e. The maximum absolute atomic E-state index is 12.5. The van der Waals surface area contributed by atoms with Crippen LogP contribution in [0.25, 0.3) is 0 Å². The lowest BCUT2D eigenvalue weighted by Crippen LogP contribution is -2.48. The van der Waals surface area contributed by atoms with E-state index in [2.05, 4.69) is 43.5 Å². The molecule has 1 amide bonds. The van der Waals surface area contributed by atoms with Crippen LogP contribution in [0.1, 0.15) is 264 Å². The summed E-state index contributed by atoms with van der Waals surface area (Å²) in [5.41, 5.74) is 0. The molecule has 5 nitrogen and oxygen atoms in total. The molecule has 0 heterocycles. The van der Waals surface area contributed by atoms with Gasteiger partial charge in [-0.3, -0.25) is 4.79 Å². The van der Waals surface area contributed by atoms with Crippen LogP contribution in [0.3, 0.4) is 0 Å². The molecule has 336 valence electrons. The van der Waals surface area contributed by atoms with E-state index in [1.54, 1.807) is 6.08 Å². The molecule has 0 aromatic rings. The second-order valence-electron chi connectivity index (χ2n) is 17.4. The van der Waals surface area contributed by atoms with Gasteiger partial charge in [-0.15, -0.1) is 0 Å². The number of nitrogens with one attached hydrogen (secondary N) is 1. The monoisotopic (exact) mass is 802 g/mol. The molecule has 0 aliphatic heterocycles. The van der Waals surface area contributed by atoms with Gasteiger partial charge in [0.15, 0.2) is 0 Å². The molecular formula is C52H99NO4. The highest BCUT2D eigenvalue weighted by Gasteiger charge is 2.22. The summed E-state index contributed by atoms with van der Waals surface area (Å²) in [6, 6.07) is -0.816. The Balaban J connectivity index is 3.66. The van der Waals surface area contributed by atoms with Crippen molar-refractivity contribution < 1.29 is 20.1 Å². The van der Waals surface area contributed by atoms with Crippen molar-refractivity contribution in [3.8, 4) is 0 Å². The first-order valence-corrected chi connectivity index (χ1v) is 25.3. The number of unbranched alkanes of at least 4 members (excludes halogenated alkanes) is 34. The second-order valence-corrected chi connectivity index (χ2v) is 17.4. The van der Waals surface area contributed by atoms with E-state index in [9.17, 15) is 20.1 Å². The average Bonchev–Trinajstić information content (AvgIpc) is 3.22. The minimum Gasteiger partial charge on any atom is -0.394 e. The lowest BCUT2D eigenvalue weighted by Gasteiger charge is -2.21. The van der Waals surface area contributed by atoms with E-state index >= 15 is 0 Å². The summed E-state index contributed by atoms with van der Waals surface area (Å²) in [7, 11) is 0. The summed E-state index contributed by atoms with van der Waals surface area (Å²) in [5.74, 6) is -0.514. The van der Waals surface area contributed by atoms with Crippen LogP contribution in [0, 0.1) is 0 Å². The molecule has 0 spiro atoms. The molecule has 0 aliphatic rings. The highest BCUT2D eigenvalue weighted by atomic mass is 16.3. The van der Waals surface area contributed by atoms with Gasteiger partial charge in [0.2, 0.25) is 5.91 Å². The number of rotatable bonds is 46. The zero-order valence-electron chi connectivity index (χ0n) is 38.2. The van der Waals surface area contributed by atoms with E-state index in [-0.39, 0.29) is 6.61 Å². The average molecular weight is 802 g/mol. The highest BCUT2D eigenvalue weighted by molar-refractivity contribution is 5.80. The van der Waals surface area contributed by atoms with Gasteiger partial charge in [0.25, 0.3) is 0 Å². The molecule has 0 rings (SSSR count). The van der Waals surface area contributed by atoms with Crippen molar-refractivity contribution in [2.75, 3.05) is 6.61 Å². The molecule has 3 unspecified atom stereocenters. The number of aliphatic hydroxyl groups is 3. The first-order chi connectivity index (χ1) is 28.1. The highest BCUT2D eigenvalue weighted by Crippen LogP contribution is 2.16. The number of amides is 1. The van der Waals surface area contributed by atoms with Crippen LogP contribution in [0.2, 0.25) is 0 Å². The molecule has 0 saturated carbocycles. The standard InChI is InChI=1S/C52H99NO4/c1-3-5-7-9-11-13-15-17-19-21-23-25-26-27-29-31-33-35-37-39-41-43-45-47-51(56)52(57)53-49(48-54)50(55)46-44-42-40-38-36-34-32-30-28-24-22-20-18-16-14-12-10-8-6-4-2/h27,29,36,38,44,46,49-51,54-56H,3-26,28,30-35,37,39-43,45,47-48H2,1-2H3,(H,53,57)/b29-27-,38-36+,46-44+. The molecule has 57 heavy (non-hydrogen) atoms. The number of aliphatic hydroxyl groups excluding tert-OH is 3. The predicted octanol–water partition coefficient (Wildman–Crippen LogP) is 15.1. The van der Waals surface area contributed by atoms with Gasteiger partial charge in [-0.2, -0.15) is 0 Å². The van der Waals surface area contributed by atoms with Gasteiger partial charge in [-0.25, -0.2) is 0 Å². The van der Waals surface area contributed by atoms with Gasteiger partial charge in [0, 0.05) is 0 Å². The third-order valence-corrected chi connectivity index (χ3v) is 11.7. The maximum atomic E-state index is 12.5. The van der Waals surface area contributed by atoms with Gasteiger partial charge in [-0.1, -0.05) is 243 Å². The first-order valence-electron chi connectivity index (χ1n) is 25.3. The summed E-state index contributed by atoms with van der Waals surface area (Å²) in [5, 5.41) is 33.2. The predicted molar refractivity (Wildman–Crippen MR) is 250 cm³/mol. The summed E-state index contributed by atoms with van der Waals surface area (Å²) in [6.45, 7) is 4.19. The number of carbonyl (C=O) groups excluding carboxylic acids is 1. The van der Waals surface area contributed by atoms with Crippen LogP contribution in [0.5, 0.6) is 0 Å². The Bertz CT molecular complexity index is 885. The second kappa shape index (κ2) is 47.3. The minimum absolute atomic E-state index is 0.377. The van der Waals surface area contributed by atoms with E-state index < -0.39 is 24.2 Å². The number of carbonyl (C=O) groups is 1. The summed E-state index contributed by atoms with van der Waals surface area (Å²) >= 11 is 0. The van der Waals surface area contributed by atoms with Crippen molar-refractivity contribution in [3.05, 3.63) is 36.5 Å². The zero-order chi connectivity index (χ0) is 41.5. The third kappa shape index (κ3) is 42.5. The van der Waals surface area contributed by atoms with E-state index in [1.807, 2.05) is 6.08 Å². The topological polar surface area (TPSA) is 89.8 Å². The van der Waals surface area contributed by atoms with Crippen molar-refractivity contribution in [2.24, 2.45) is 0 Å². The van der Waals surface area contributed by atoms with Gasteiger partial charge in [0.1, 0.15) is 6.10 Å². The first kappa shape index (κ1) is 55.6. The molecule has 4 N–H and O–H groups in total. The normalized spacial score (nSPS) is 13.7. The Labute approximate surface area is 355 Å². The lowest BCUT2D eigenvalue weighted by molar-refractivity contribution is -0.131. The fraction of sp³-hybridized carbons (Fsp3) is 0.865. The summed E-state index contributed by atoms with van der Waals surface area (Å²) in [6.07, 6.45) is 60.6. The van der Waals surface area contributed by atoms with Crippen LogP contribution >= 0.6 is 0 Å². The fourth-order valence-corrected chi connectivity index (χ4v) is 7.73. The number of hydrogen-bond donors (Lipinski definition) is 4. The molecule has 5 heteroatoms. The third-order valence-electron chi connectivity index (χ3n) is 11.7. The van der Waals surface area contributed by atoms with Gasteiger partial charge < -0.3 is 20.6 Å². The Morgan fingerprint density at radius 2 is 0.719 bits per heavy atom. The Kier molecular flexibility index (Phi) is 46.1. The molecule has 3 atom stereocenters. The van der Waals surface area contributed by atoms with E-state index in [0.717, 1.165) is 38.5 Å². The van der Waals surface area contributed by atoms with E-state index in [0.29, 0.717) is 6.42 Å². The Hall–Kier alpha value is -1.43.